The van der Waals surface area contributed by atoms with Crippen molar-refractivity contribution in [2.75, 3.05) is 13.2 Å². The lowest BCUT2D eigenvalue weighted by Gasteiger charge is -2.14. The van der Waals surface area contributed by atoms with E-state index in [0.717, 1.165) is 26.0 Å². The van der Waals surface area contributed by atoms with Crippen molar-refractivity contribution in [1.29, 1.82) is 0 Å². The zero-order chi connectivity index (χ0) is 14.5. The highest BCUT2D eigenvalue weighted by atomic mass is 16.5. The summed E-state index contributed by atoms with van der Waals surface area (Å²) in [5.41, 5.74) is 4.87. The Balaban J connectivity index is 1.59. The fraction of sp³-hybridized carbons (Fsp3) is 0.368. The molecule has 1 fully saturated rings. The van der Waals surface area contributed by atoms with E-state index < -0.39 is 0 Å². The average Bonchev–Trinajstić information content (AvgIpc) is 3.07. The molecule has 21 heavy (non-hydrogen) atoms. The minimum absolute atomic E-state index is 0.449. The molecular weight excluding hydrogens is 258 g/mol. The maximum absolute atomic E-state index is 5.67. The molecule has 2 heteroatoms. The van der Waals surface area contributed by atoms with E-state index >= 15 is 0 Å². The van der Waals surface area contributed by atoms with E-state index in [-0.39, 0.29) is 0 Å². The lowest BCUT2D eigenvalue weighted by Crippen LogP contribution is -2.14. The Morgan fingerprint density at radius 3 is 2.81 bits per heavy atom. The second-order valence-electron chi connectivity index (χ2n) is 5.74. The van der Waals surface area contributed by atoms with Crippen molar-refractivity contribution in [1.82, 2.24) is 5.32 Å². The van der Waals surface area contributed by atoms with Gasteiger partial charge in [0.25, 0.3) is 0 Å². The normalized spacial score (nSPS) is 21.0. The first-order chi connectivity index (χ1) is 10.3. The van der Waals surface area contributed by atoms with Crippen molar-refractivity contribution in [3.05, 3.63) is 60.2 Å². The molecule has 0 aliphatic carbocycles. The Bertz CT molecular complexity index is 547. The molecule has 3 rings (SSSR count). The molecule has 1 aromatic rings. The summed E-state index contributed by atoms with van der Waals surface area (Å²) in [5, 5.41) is 3.38. The van der Waals surface area contributed by atoms with Crippen LogP contribution in [0.25, 0.3) is 11.3 Å². The van der Waals surface area contributed by atoms with Gasteiger partial charge in [-0.2, -0.15) is 0 Å². The fourth-order valence-corrected chi connectivity index (χ4v) is 2.90. The SMILES string of the molecule is C=C(CCC1CCCO1)c1ccc(C2=CC=CCN2)cc1. The van der Waals surface area contributed by atoms with Gasteiger partial charge in [0, 0.05) is 18.8 Å². The molecule has 1 unspecified atom stereocenters. The third-order valence-corrected chi connectivity index (χ3v) is 4.21. The van der Waals surface area contributed by atoms with Crippen LogP contribution in [-0.4, -0.2) is 19.3 Å². The van der Waals surface area contributed by atoms with Crippen molar-refractivity contribution in [2.24, 2.45) is 0 Å². The van der Waals surface area contributed by atoms with E-state index in [0.29, 0.717) is 6.10 Å². The molecule has 0 amide bonds. The second-order valence-corrected chi connectivity index (χ2v) is 5.74. The highest BCUT2D eigenvalue weighted by Gasteiger charge is 2.15. The first-order valence-electron chi connectivity index (χ1n) is 7.84. The molecule has 2 aliphatic heterocycles. The first kappa shape index (κ1) is 14.2. The number of nitrogens with one attached hydrogen (secondary N) is 1. The predicted molar refractivity (Wildman–Crippen MR) is 88.8 cm³/mol. The van der Waals surface area contributed by atoms with Crippen molar-refractivity contribution in [2.45, 2.75) is 31.8 Å². The summed E-state index contributed by atoms with van der Waals surface area (Å²) in [7, 11) is 0. The Hall–Kier alpha value is -1.80. The van der Waals surface area contributed by atoms with Crippen LogP contribution in [0, 0.1) is 0 Å². The van der Waals surface area contributed by atoms with Gasteiger partial charge >= 0.3 is 0 Å². The van der Waals surface area contributed by atoms with Gasteiger partial charge in [0.1, 0.15) is 0 Å². The van der Waals surface area contributed by atoms with E-state index in [1.807, 2.05) is 0 Å². The van der Waals surface area contributed by atoms with Crippen molar-refractivity contribution in [3.63, 3.8) is 0 Å². The number of allylic oxidation sites excluding steroid dienone is 3. The summed E-state index contributed by atoms with van der Waals surface area (Å²) < 4.78 is 5.67. The van der Waals surface area contributed by atoms with Crippen molar-refractivity contribution < 1.29 is 4.74 Å². The number of benzene rings is 1. The van der Waals surface area contributed by atoms with Crippen LogP contribution in [0.5, 0.6) is 0 Å². The first-order valence-corrected chi connectivity index (χ1v) is 7.84. The molecule has 0 radical (unpaired) electrons. The third kappa shape index (κ3) is 3.64. The van der Waals surface area contributed by atoms with Gasteiger partial charge in [-0.05, 0) is 48.5 Å². The lowest BCUT2D eigenvalue weighted by molar-refractivity contribution is 0.105. The highest BCUT2D eigenvalue weighted by molar-refractivity contribution is 5.70. The van der Waals surface area contributed by atoms with Gasteiger partial charge in [-0.3, -0.25) is 0 Å². The van der Waals surface area contributed by atoms with Crippen molar-refractivity contribution in [3.8, 4) is 0 Å². The molecule has 0 bridgehead atoms. The lowest BCUT2D eigenvalue weighted by atomic mass is 9.98. The zero-order valence-electron chi connectivity index (χ0n) is 12.5. The van der Waals surface area contributed by atoms with Crippen LogP contribution in [0.4, 0.5) is 0 Å². The Morgan fingerprint density at radius 2 is 2.14 bits per heavy atom. The van der Waals surface area contributed by atoms with Crippen molar-refractivity contribution >= 4 is 11.3 Å². The van der Waals surface area contributed by atoms with E-state index in [2.05, 4.69) is 54.4 Å². The molecule has 2 nitrogen and oxygen atoms in total. The van der Waals surface area contributed by atoms with E-state index in [1.54, 1.807) is 0 Å². The summed E-state index contributed by atoms with van der Waals surface area (Å²) in [6.07, 6.45) is 11.3. The summed E-state index contributed by atoms with van der Waals surface area (Å²) in [6, 6.07) is 8.69. The van der Waals surface area contributed by atoms with Crippen LogP contribution in [-0.2, 0) is 4.74 Å². The molecule has 1 aromatic carbocycles. The zero-order valence-corrected chi connectivity index (χ0v) is 12.5. The number of hydrogen-bond donors (Lipinski definition) is 1. The molecule has 0 aromatic heterocycles. The summed E-state index contributed by atoms with van der Waals surface area (Å²) in [5.74, 6) is 0. The molecule has 1 atom stereocenters. The van der Waals surface area contributed by atoms with Gasteiger partial charge in [-0.15, -0.1) is 0 Å². The van der Waals surface area contributed by atoms with Gasteiger partial charge < -0.3 is 10.1 Å². The maximum atomic E-state index is 5.67. The van der Waals surface area contributed by atoms with E-state index in [4.69, 9.17) is 4.74 Å². The molecule has 0 saturated carbocycles. The topological polar surface area (TPSA) is 21.3 Å². The molecule has 2 aliphatic rings. The van der Waals surface area contributed by atoms with Gasteiger partial charge in [0.15, 0.2) is 0 Å². The van der Waals surface area contributed by atoms with Gasteiger partial charge in [-0.25, -0.2) is 0 Å². The quantitative estimate of drug-likeness (QED) is 0.875. The van der Waals surface area contributed by atoms with Crippen LogP contribution in [0.15, 0.2) is 49.1 Å². The van der Waals surface area contributed by atoms with Crippen LogP contribution in [0.2, 0.25) is 0 Å². The number of hydrogen-bond acceptors (Lipinski definition) is 2. The van der Waals surface area contributed by atoms with Gasteiger partial charge in [-0.1, -0.05) is 43.0 Å². The van der Waals surface area contributed by atoms with Crippen LogP contribution in [0.3, 0.4) is 0 Å². The number of ether oxygens (including phenoxy) is 1. The Morgan fingerprint density at radius 1 is 1.29 bits per heavy atom. The summed E-state index contributed by atoms with van der Waals surface area (Å²) >= 11 is 0. The van der Waals surface area contributed by atoms with Crippen LogP contribution < -0.4 is 5.32 Å². The number of rotatable bonds is 5. The standard InChI is InChI=1S/C19H23NO/c1-15(7-12-18-5-4-14-21-18)16-8-10-17(11-9-16)19-6-2-3-13-20-19/h2-3,6,8-11,18,20H,1,4-5,7,12-14H2. The molecule has 0 spiro atoms. The molecule has 1 saturated heterocycles. The Labute approximate surface area is 127 Å². The second kappa shape index (κ2) is 6.77. The monoisotopic (exact) mass is 281 g/mol. The van der Waals surface area contributed by atoms with Crippen LogP contribution >= 0.6 is 0 Å². The molecular formula is C19H23NO. The van der Waals surface area contributed by atoms with E-state index in [9.17, 15) is 0 Å². The largest absolute Gasteiger partial charge is 0.381 e. The third-order valence-electron chi connectivity index (χ3n) is 4.21. The minimum Gasteiger partial charge on any atom is -0.381 e. The maximum Gasteiger partial charge on any atom is 0.0579 e. The smallest absolute Gasteiger partial charge is 0.0579 e. The van der Waals surface area contributed by atoms with Gasteiger partial charge in [0.05, 0.1) is 6.10 Å². The minimum atomic E-state index is 0.449. The van der Waals surface area contributed by atoms with Crippen LogP contribution in [0.1, 0.15) is 36.8 Å². The van der Waals surface area contributed by atoms with Gasteiger partial charge in [0.2, 0.25) is 0 Å². The fourth-order valence-electron chi connectivity index (χ4n) is 2.90. The highest BCUT2D eigenvalue weighted by Crippen LogP contribution is 2.25. The average molecular weight is 281 g/mol. The van der Waals surface area contributed by atoms with E-state index in [1.165, 1.54) is 35.2 Å². The molecule has 1 N–H and O–H groups in total. The summed E-state index contributed by atoms with van der Waals surface area (Å²) in [4.78, 5) is 0. The molecule has 110 valence electrons. The number of dihydropyridines is 1. The Kier molecular flexibility index (Phi) is 4.56. The molecule has 2 heterocycles. The predicted octanol–water partition coefficient (Wildman–Crippen LogP) is 4.16. The summed E-state index contributed by atoms with van der Waals surface area (Å²) in [6.45, 7) is 6.07.